The van der Waals surface area contributed by atoms with Crippen molar-refractivity contribution in [1.29, 1.82) is 0 Å². The van der Waals surface area contributed by atoms with E-state index >= 15 is 0 Å². The molecule has 0 saturated carbocycles. The highest BCUT2D eigenvalue weighted by Crippen LogP contribution is 2.40. The van der Waals surface area contributed by atoms with Crippen LogP contribution in [0.5, 0.6) is 11.5 Å². The topological polar surface area (TPSA) is 77.0 Å². The Hall–Kier alpha value is -2.51. The molecule has 28 heavy (non-hydrogen) atoms. The number of anilines is 1. The van der Waals surface area contributed by atoms with Gasteiger partial charge in [-0.25, -0.2) is 9.18 Å². The van der Waals surface area contributed by atoms with E-state index < -0.39 is 23.6 Å². The van der Waals surface area contributed by atoms with Gasteiger partial charge >= 0.3 is 6.09 Å². The number of benzene rings is 2. The molecule has 152 valence electrons. The van der Waals surface area contributed by atoms with Crippen molar-refractivity contribution in [3.63, 3.8) is 0 Å². The van der Waals surface area contributed by atoms with Crippen LogP contribution in [0.4, 0.5) is 14.9 Å². The quantitative estimate of drug-likeness (QED) is 0.729. The first kappa shape index (κ1) is 21.8. The fraction of sp³-hybridized carbons (Fsp3) is 0.350. The van der Waals surface area contributed by atoms with Crippen molar-refractivity contribution in [2.24, 2.45) is 0 Å². The molecule has 0 spiro atoms. The number of para-hydroxylation sites is 1. The molecule has 1 amide bonds. The summed E-state index contributed by atoms with van der Waals surface area (Å²) in [4.78, 5) is 12.1. The molecule has 0 fully saturated rings. The van der Waals surface area contributed by atoms with Crippen LogP contribution in [0.3, 0.4) is 0 Å². The molecule has 0 bridgehead atoms. The van der Waals surface area contributed by atoms with Crippen LogP contribution >= 0.6 is 11.6 Å². The number of carbonyl (C=O) groups excluding carboxylic acids is 1. The van der Waals surface area contributed by atoms with Gasteiger partial charge < -0.3 is 19.3 Å². The summed E-state index contributed by atoms with van der Waals surface area (Å²) in [5, 5.41) is 13.2. The van der Waals surface area contributed by atoms with Gasteiger partial charge in [0.2, 0.25) is 0 Å². The van der Waals surface area contributed by atoms with Crippen LogP contribution in [-0.4, -0.2) is 31.0 Å². The molecule has 0 radical (unpaired) electrons. The highest BCUT2D eigenvalue weighted by atomic mass is 35.5. The molecule has 0 aliphatic rings. The second kappa shape index (κ2) is 8.67. The van der Waals surface area contributed by atoms with Gasteiger partial charge in [-0.3, -0.25) is 5.32 Å². The zero-order valence-corrected chi connectivity index (χ0v) is 17.1. The van der Waals surface area contributed by atoms with E-state index in [0.717, 1.165) is 6.07 Å². The third-order valence-corrected chi connectivity index (χ3v) is 4.04. The Morgan fingerprint density at radius 1 is 1.18 bits per heavy atom. The first-order valence-electron chi connectivity index (χ1n) is 8.45. The largest absolute Gasteiger partial charge is 0.493 e. The van der Waals surface area contributed by atoms with Gasteiger partial charge in [-0.15, -0.1) is 0 Å². The highest BCUT2D eigenvalue weighted by Gasteiger charge is 2.25. The Balaban J connectivity index is 2.50. The van der Waals surface area contributed by atoms with Gasteiger partial charge in [-0.2, -0.15) is 0 Å². The number of rotatable bonds is 5. The molecule has 0 aliphatic heterocycles. The van der Waals surface area contributed by atoms with Crippen molar-refractivity contribution in [2.75, 3.05) is 19.5 Å². The normalized spacial score (nSPS) is 12.3. The lowest BCUT2D eigenvalue weighted by atomic mass is 9.98. The maximum absolute atomic E-state index is 14.0. The number of methoxy groups -OCH3 is 2. The summed E-state index contributed by atoms with van der Waals surface area (Å²) in [6.45, 7) is 5.10. The lowest BCUT2D eigenvalue weighted by molar-refractivity contribution is 0.0635. The lowest BCUT2D eigenvalue weighted by Crippen LogP contribution is -2.27. The van der Waals surface area contributed by atoms with Crippen LogP contribution in [0.15, 0.2) is 30.3 Å². The third-order valence-electron chi connectivity index (χ3n) is 3.75. The van der Waals surface area contributed by atoms with Crippen LogP contribution in [0.25, 0.3) is 0 Å². The average molecular weight is 412 g/mol. The van der Waals surface area contributed by atoms with Crippen molar-refractivity contribution in [1.82, 2.24) is 0 Å². The predicted octanol–water partition coefficient (Wildman–Crippen LogP) is 4.93. The Labute approximate surface area is 168 Å². The molecule has 1 atom stereocenters. The third kappa shape index (κ3) is 5.05. The van der Waals surface area contributed by atoms with E-state index in [9.17, 15) is 14.3 Å². The zero-order valence-electron chi connectivity index (χ0n) is 16.3. The van der Waals surface area contributed by atoms with Crippen molar-refractivity contribution in [2.45, 2.75) is 32.5 Å². The number of halogens is 2. The molecule has 2 aromatic carbocycles. The Bertz CT molecular complexity index is 866. The van der Waals surface area contributed by atoms with Crippen LogP contribution in [0.2, 0.25) is 5.02 Å². The van der Waals surface area contributed by atoms with E-state index in [0.29, 0.717) is 17.1 Å². The van der Waals surface area contributed by atoms with Gasteiger partial charge in [0.25, 0.3) is 0 Å². The second-order valence-electron chi connectivity index (χ2n) is 6.97. The van der Waals surface area contributed by atoms with Crippen LogP contribution in [0, 0.1) is 5.82 Å². The lowest BCUT2D eigenvalue weighted by Gasteiger charge is -2.23. The maximum atomic E-state index is 14.0. The number of carbonyl (C=O) groups is 1. The SMILES string of the molecule is COc1cccc(C(O)c2cc(Cl)c(F)cc2NC(=O)OC(C)(C)C)c1OC. The molecule has 0 aliphatic carbocycles. The van der Waals surface area contributed by atoms with E-state index in [1.165, 1.54) is 20.3 Å². The fourth-order valence-corrected chi connectivity index (χ4v) is 2.78. The monoisotopic (exact) mass is 411 g/mol. The maximum Gasteiger partial charge on any atom is 0.412 e. The molecule has 2 N–H and O–H groups in total. The van der Waals surface area contributed by atoms with Gasteiger partial charge in [-0.1, -0.05) is 23.7 Å². The van der Waals surface area contributed by atoms with Crippen LogP contribution in [0.1, 0.15) is 38.0 Å². The summed E-state index contributed by atoms with van der Waals surface area (Å²) in [6.07, 6.45) is -2.08. The molecular formula is C20H23ClFNO5. The van der Waals surface area contributed by atoms with Gasteiger partial charge in [-0.05, 0) is 39.0 Å². The van der Waals surface area contributed by atoms with E-state index in [-0.39, 0.29) is 16.3 Å². The average Bonchev–Trinajstić information content (AvgIpc) is 2.61. The minimum atomic E-state index is -1.28. The predicted molar refractivity (Wildman–Crippen MR) is 105 cm³/mol. The summed E-state index contributed by atoms with van der Waals surface area (Å²) in [5.74, 6) is -0.0311. The Morgan fingerprint density at radius 2 is 1.86 bits per heavy atom. The van der Waals surface area contributed by atoms with Crippen molar-refractivity contribution in [3.8, 4) is 11.5 Å². The van der Waals surface area contributed by atoms with E-state index in [4.69, 9.17) is 25.8 Å². The molecule has 0 heterocycles. The van der Waals surface area contributed by atoms with E-state index in [1.807, 2.05) is 0 Å². The molecule has 6 nitrogen and oxygen atoms in total. The van der Waals surface area contributed by atoms with Gasteiger partial charge in [0.1, 0.15) is 17.5 Å². The van der Waals surface area contributed by atoms with Gasteiger partial charge in [0.15, 0.2) is 11.5 Å². The van der Waals surface area contributed by atoms with Crippen LogP contribution < -0.4 is 14.8 Å². The number of hydrogen-bond acceptors (Lipinski definition) is 5. The van der Waals surface area contributed by atoms with E-state index in [1.54, 1.807) is 39.0 Å². The summed E-state index contributed by atoms with van der Waals surface area (Å²) in [7, 11) is 2.91. The summed E-state index contributed by atoms with van der Waals surface area (Å²) < 4.78 is 29.8. The molecule has 1 unspecified atom stereocenters. The Kier molecular flexibility index (Phi) is 6.74. The molecular weight excluding hydrogens is 389 g/mol. The molecule has 0 saturated heterocycles. The van der Waals surface area contributed by atoms with Gasteiger partial charge in [0, 0.05) is 11.1 Å². The Morgan fingerprint density at radius 3 is 2.43 bits per heavy atom. The van der Waals surface area contributed by atoms with E-state index in [2.05, 4.69) is 5.32 Å². The zero-order chi connectivity index (χ0) is 21.1. The number of amides is 1. The van der Waals surface area contributed by atoms with Crippen molar-refractivity contribution < 1.29 is 28.5 Å². The summed E-state index contributed by atoms with van der Waals surface area (Å²) in [5.41, 5.74) is -0.196. The summed E-state index contributed by atoms with van der Waals surface area (Å²) >= 11 is 5.91. The summed E-state index contributed by atoms with van der Waals surface area (Å²) in [6, 6.07) is 7.24. The number of nitrogens with one attached hydrogen (secondary N) is 1. The number of ether oxygens (including phenoxy) is 3. The first-order chi connectivity index (χ1) is 13.1. The fourth-order valence-electron chi connectivity index (χ4n) is 2.61. The smallest absolute Gasteiger partial charge is 0.412 e. The molecule has 2 rings (SSSR count). The highest BCUT2D eigenvalue weighted by molar-refractivity contribution is 6.31. The minimum Gasteiger partial charge on any atom is -0.493 e. The van der Waals surface area contributed by atoms with Crippen molar-refractivity contribution in [3.05, 3.63) is 52.3 Å². The molecule has 2 aromatic rings. The molecule has 8 heteroatoms. The minimum absolute atomic E-state index is 0.0218. The second-order valence-corrected chi connectivity index (χ2v) is 7.37. The van der Waals surface area contributed by atoms with Crippen LogP contribution in [-0.2, 0) is 4.74 Å². The first-order valence-corrected chi connectivity index (χ1v) is 8.83. The van der Waals surface area contributed by atoms with Crippen molar-refractivity contribution >= 4 is 23.4 Å². The molecule has 0 aromatic heterocycles. The standard InChI is InChI=1S/C20H23ClFNO5/c1-20(2,3)28-19(25)23-15-10-14(22)13(21)9-12(15)17(24)11-7-6-8-16(26-4)18(11)27-5/h6-10,17,24H,1-5H3,(H,23,25). The van der Waals surface area contributed by atoms with Gasteiger partial charge in [0.05, 0.1) is 24.9 Å². The number of hydrogen-bond donors (Lipinski definition) is 2. The number of aliphatic hydroxyl groups excluding tert-OH is 1. The number of aliphatic hydroxyl groups is 1.